The van der Waals surface area contributed by atoms with Crippen LogP contribution in [0.3, 0.4) is 0 Å². The van der Waals surface area contributed by atoms with Gasteiger partial charge in [0, 0.05) is 5.56 Å². The van der Waals surface area contributed by atoms with Crippen molar-refractivity contribution in [3.63, 3.8) is 0 Å². The lowest BCUT2D eigenvalue weighted by Crippen LogP contribution is -2.33. The third kappa shape index (κ3) is 2.59. The van der Waals surface area contributed by atoms with Crippen LogP contribution in [0.5, 0.6) is 0 Å². The first-order valence-electron chi connectivity index (χ1n) is 5.43. The van der Waals surface area contributed by atoms with E-state index in [1.54, 1.807) is 30.3 Å². The molecule has 0 aliphatic heterocycles. The van der Waals surface area contributed by atoms with E-state index in [0.717, 1.165) is 12.1 Å². The van der Waals surface area contributed by atoms with Crippen molar-refractivity contribution in [2.45, 2.75) is 12.1 Å². The summed E-state index contributed by atoms with van der Waals surface area (Å²) in [7, 11) is 0. The lowest BCUT2D eigenvalue weighted by molar-refractivity contribution is -0.289. The second kappa shape index (κ2) is 4.64. The smallest absolute Gasteiger partial charge is 0.191 e. The maximum atomic E-state index is 13.2. The summed E-state index contributed by atoms with van der Waals surface area (Å²) in [6, 6.07) is 12.7. The lowest BCUT2D eigenvalue weighted by atomic mass is 10.00. The van der Waals surface area contributed by atoms with Crippen LogP contribution < -0.4 is 0 Å². The van der Waals surface area contributed by atoms with Crippen LogP contribution in [-0.4, -0.2) is 6.18 Å². The quantitative estimate of drug-likeness (QED) is 0.674. The molecular weight excluding hydrogens is 263 g/mol. The number of hydrogen-bond acceptors (Lipinski definition) is 0. The van der Waals surface area contributed by atoms with E-state index in [0.29, 0.717) is 11.1 Å². The maximum absolute atomic E-state index is 13.2. The fourth-order valence-corrected chi connectivity index (χ4v) is 1.69. The summed E-state index contributed by atoms with van der Waals surface area (Å²) in [5.74, 6) is -4.85. The third-order valence-corrected chi connectivity index (χ3v) is 2.69. The van der Waals surface area contributed by atoms with Crippen LogP contribution in [0.1, 0.15) is 5.56 Å². The van der Waals surface area contributed by atoms with Crippen molar-refractivity contribution in [1.29, 1.82) is 0 Å². The topological polar surface area (TPSA) is 0 Å². The molecule has 0 aliphatic carbocycles. The number of hydrogen-bond donors (Lipinski definition) is 0. The highest BCUT2D eigenvalue weighted by Crippen LogP contribution is 2.44. The van der Waals surface area contributed by atoms with E-state index in [1.807, 2.05) is 0 Å². The minimum atomic E-state index is -5.59. The normalized spacial score (nSPS) is 12.5. The van der Waals surface area contributed by atoms with Crippen LogP contribution in [0.4, 0.5) is 22.0 Å². The minimum absolute atomic E-state index is 0.321. The number of benzene rings is 2. The predicted molar refractivity (Wildman–Crippen MR) is 61.8 cm³/mol. The van der Waals surface area contributed by atoms with Gasteiger partial charge in [-0.2, -0.15) is 22.0 Å². The van der Waals surface area contributed by atoms with Crippen molar-refractivity contribution >= 4 is 0 Å². The highest BCUT2D eigenvalue weighted by atomic mass is 19.4. The maximum Gasteiger partial charge on any atom is 0.458 e. The molecule has 2 aromatic rings. The first kappa shape index (κ1) is 13.5. The van der Waals surface area contributed by atoms with Crippen molar-refractivity contribution in [2.24, 2.45) is 0 Å². The van der Waals surface area contributed by atoms with Gasteiger partial charge in [-0.25, -0.2) is 0 Å². The first-order chi connectivity index (χ1) is 8.82. The Morgan fingerprint density at radius 3 is 1.79 bits per heavy atom. The molecule has 19 heavy (non-hydrogen) atoms. The number of halogens is 5. The third-order valence-electron chi connectivity index (χ3n) is 2.69. The van der Waals surface area contributed by atoms with Crippen LogP contribution in [0.25, 0.3) is 11.1 Å². The Balaban J connectivity index is 2.47. The molecule has 0 aliphatic rings. The zero-order valence-electron chi connectivity index (χ0n) is 9.59. The predicted octanol–water partition coefficient (Wildman–Crippen LogP) is 5.01. The Morgan fingerprint density at radius 1 is 0.632 bits per heavy atom. The van der Waals surface area contributed by atoms with Crippen molar-refractivity contribution < 1.29 is 22.0 Å². The van der Waals surface area contributed by atoms with Gasteiger partial charge in [0.1, 0.15) is 0 Å². The SMILES string of the molecule is FC(F)(F)C(F)(F)c1cccc(-c2ccccc2)c1. The van der Waals surface area contributed by atoms with Crippen molar-refractivity contribution in [3.8, 4) is 11.1 Å². The lowest BCUT2D eigenvalue weighted by Gasteiger charge is -2.20. The number of rotatable bonds is 2. The molecule has 0 atom stereocenters. The highest BCUT2D eigenvalue weighted by Gasteiger charge is 2.58. The van der Waals surface area contributed by atoms with E-state index in [9.17, 15) is 22.0 Å². The molecule has 5 heteroatoms. The van der Waals surface area contributed by atoms with Crippen LogP contribution in [0.2, 0.25) is 0 Å². The minimum Gasteiger partial charge on any atom is -0.191 e. The van der Waals surface area contributed by atoms with Gasteiger partial charge in [0.2, 0.25) is 0 Å². The Bertz CT molecular complexity index is 558. The van der Waals surface area contributed by atoms with Gasteiger partial charge in [-0.1, -0.05) is 48.5 Å². The van der Waals surface area contributed by atoms with E-state index in [4.69, 9.17) is 0 Å². The van der Waals surface area contributed by atoms with Crippen molar-refractivity contribution in [3.05, 3.63) is 60.2 Å². The molecule has 0 aromatic heterocycles. The van der Waals surface area contributed by atoms with E-state index in [1.165, 1.54) is 12.1 Å². The largest absolute Gasteiger partial charge is 0.458 e. The average Bonchev–Trinajstić information content (AvgIpc) is 2.39. The molecule has 0 amide bonds. The molecule has 0 unspecified atom stereocenters. The summed E-state index contributed by atoms with van der Waals surface area (Å²) in [5, 5.41) is 0. The molecule has 0 N–H and O–H groups in total. The molecule has 0 saturated heterocycles. The molecule has 2 rings (SSSR count). The fraction of sp³-hybridized carbons (Fsp3) is 0.143. The standard InChI is InChI=1S/C14H9F5/c15-13(16,14(17,18)19)12-8-4-7-11(9-12)10-5-2-1-3-6-10/h1-9H. The molecule has 0 fully saturated rings. The van der Waals surface area contributed by atoms with E-state index >= 15 is 0 Å². The van der Waals surface area contributed by atoms with Gasteiger partial charge < -0.3 is 0 Å². The molecule has 0 radical (unpaired) electrons. The second-order valence-electron chi connectivity index (χ2n) is 4.02. The Morgan fingerprint density at radius 2 is 1.21 bits per heavy atom. The summed E-state index contributed by atoms with van der Waals surface area (Å²) in [4.78, 5) is 0. The van der Waals surface area contributed by atoms with Gasteiger partial charge in [-0.05, 0) is 17.2 Å². The van der Waals surface area contributed by atoms with Crippen LogP contribution in [0, 0.1) is 0 Å². The van der Waals surface area contributed by atoms with Gasteiger partial charge in [-0.3, -0.25) is 0 Å². The summed E-state index contributed by atoms with van der Waals surface area (Å²) in [6.07, 6.45) is -5.59. The Hall–Kier alpha value is -1.91. The molecule has 2 aromatic carbocycles. The Kier molecular flexibility index (Phi) is 3.30. The first-order valence-corrected chi connectivity index (χ1v) is 5.43. The molecular formula is C14H9F5. The summed E-state index contributed by atoms with van der Waals surface area (Å²) < 4.78 is 63.4. The average molecular weight is 272 g/mol. The summed E-state index contributed by atoms with van der Waals surface area (Å²) in [5.41, 5.74) is -0.147. The fourth-order valence-electron chi connectivity index (χ4n) is 1.69. The van der Waals surface area contributed by atoms with E-state index in [-0.39, 0.29) is 0 Å². The zero-order chi connectivity index (χ0) is 14.1. The summed E-state index contributed by atoms with van der Waals surface area (Å²) >= 11 is 0. The second-order valence-corrected chi connectivity index (χ2v) is 4.02. The monoisotopic (exact) mass is 272 g/mol. The van der Waals surface area contributed by atoms with Gasteiger partial charge in [0.25, 0.3) is 0 Å². The summed E-state index contributed by atoms with van der Waals surface area (Å²) in [6.45, 7) is 0. The van der Waals surface area contributed by atoms with Crippen molar-refractivity contribution in [2.75, 3.05) is 0 Å². The van der Waals surface area contributed by atoms with Gasteiger partial charge in [0.05, 0.1) is 0 Å². The molecule has 0 bridgehead atoms. The van der Waals surface area contributed by atoms with E-state index < -0.39 is 17.7 Å². The van der Waals surface area contributed by atoms with Gasteiger partial charge >= 0.3 is 12.1 Å². The molecule has 0 spiro atoms. The van der Waals surface area contributed by atoms with Crippen LogP contribution in [-0.2, 0) is 5.92 Å². The molecule has 0 saturated carbocycles. The van der Waals surface area contributed by atoms with Crippen molar-refractivity contribution in [1.82, 2.24) is 0 Å². The Labute approximate surface area is 106 Å². The highest BCUT2D eigenvalue weighted by molar-refractivity contribution is 5.64. The van der Waals surface area contributed by atoms with Crippen LogP contribution in [0.15, 0.2) is 54.6 Å². The van der Waals surface area contributed by atoms with Gasteiger partial charge in [0.15, 0.2) is 0 Å². The molecule has 0 nitrogen and oxygen atoms in total. The van der Waals surface area contributed by atoms with E-state index in [2.05, 4.69) is 0 Å². The number of alkyl halides is 5. The molecule has 0 heterocycles. The van der Waals surface area contributed by atoms with Crippen LogP contribution >= 0.6 is 0 Å². The zero-order valence-corrected chi connectivity index (χ0v) is 9.59. The molecule has 100 valence electrons. The van der Waals surface area contributed by atoms with Gasteiger partial charge in [-0.15, -0.1) is 0 Å².